The Morgan fingerprint density at radius 3 is 2.68 bits per heavy atom. The lowest BCUT2D eigenvalue weighted by atomic mass is 10.1. The molecular weight excluding hydrogens is 320 g/mol. The second-order valence-corrected chi connectivity index (χ2v) is 5.79. The number of furan rings is 1. The summed E-state index contributed by atoms with van der Waals surface area (Å²) in [6.07, 6.45) is 0. The zero-order valence-corrected chi connectivity index (χ0v) is 14.7. The normalized spacial score (nSPS) is 10.7. The van der Waals surface area contributed by atoms with Gasteiger partial charge in [0.15, 0.2) is 11.3 Å². The quantitative estimate of drug-likeness (QED) is 0.712. The Morgan fingerprint density at radius 2 is 1.96 bits per heavy atom. The molecule has 0 atom stereocenters. The van der Waals surface area contributed by atoms with Crippen molar-refractivity contribution in [1.29, 1.82) is 0 Å². The molecule has 0 aliphatic carbocycles. The van der Waals surface area contributed by atoms with Gasteiger partial charge in [0.05, 0.1) is 14.2 Å². The third-order valence-corrected chi connectivity index (χ3v) is 3.97. The fourth-order valence-corrected chi connectivity index (χ4v) is 2.63. The third kappa shape index (κ3) is 3.42. The lowest BCUT2D eigenvalue weighted by Gasteiger charge is -2.18. The summed E-state index contributed by atoms with van der Waals surface area (Å²) in [4.78, 5) is 18.6. The van der Waals surface area contributed by atoms with E-state index < -0.39 is 0 Å². The minimum absolute atomic E-state index is 0.214. The number of benzene rings is 1. The molecule has 0 spiro atoms. The summed E-state index contributed by atoms with van der Waals surface area (Å²) < 4.78 is 16.2. The molecule has 0 fully saturated rings. The van der Waals surface area contributed by atoms with Gasteiger partial charge in [0, 0.05) is 37.0 Å². The molecule has 2 aromatic heterocycles. The average molecular weight is 340 g/mol. The minimum Gasteiger partial charge on any atom is -0.497 e. The maximum Gasteiger partial charge on any atom is 0.289 e. The highest BCUT2D eigenvalue weighted by molar-refractivity contribution is 5.95. The molecule has 25 heavy (non-hydrogen) atoms. The van der Waals surface area contributed by atoms with Gasteiger partial charge in [-0.25, -0.2) is 4.98 Å². The molecule has 0 aliphatic heterocycles. The van der Waals surface area contributed by atoms with Crippen LogP contribution in [0.2, 0.25) is 0 Å². The van der Waals surface area contributed by atoms with Crippen molar-refractivity contribution in [3.8, 4) is 11.5 Å². The summed E-state index contributed by atoms with van der Waals surface area (Å²) in [5, 5.41) is 0. The van der Waals surface area contributed by atoms with Crippen molar-refractivity contribution in [2.75, 3.05) is 21.3 Å². The van der Waals surface area contributed by atoms with E-state index in [1.807, 2.05) is 31.2 Å². The Morgan fingerprint density at radius 1 is 1.16 bits per heavy atom. The molecule has 3 rings (SSSR count). The molecule has 6 nitrogen and oxygen atoms in total. The van der Waals surface area contributed by atoms with Gasteiger partial charge >= 0.3 is 0 Å². The van der Waals surface area contributed by atoms with Crippen molar-refractivity contribution >= 4 is 17.0 Å². The van der Waals surface area contributed by atoms with Gasteiger partial charge in [-0.1, -0.05) is 0 Å². The maximum atomic E-state index is 12.7. The number of carbonyl (C=O) groups excluding carboxylic acids is 1. The number of fused-ring (bicyclic) bond motifs is 1. The number of rotatable bonds is 5. The van der Waals surface area contributed by atoms with Gasteiger partial charge in [0.1, 0.15) is 17.0 Å². The SMILES string of the molecule is COc1ccc(CN(C)C(=O)c2cc3nc(C)ccc3o2)c(OC)c1. The molecule has 0 saturated heterocycles. The Kier molecular flexibility index (Phi) is 4.61. The molecule has 0 unspecified atom stereocenters. The Labute approximate surface area is 146 Å². The lowest BCUT2D eigenvalue weighted by molar-refractivity contribution is 0.0755. The van der Waals surface area contributed by atoms with Crippen LogP contribution >= 0.6 is 0 Å². The monoisotopic (exact) mass is 340 g/mol. The number of methoxy groups -OCH3 is 2. The van der Waals surface area contributed by atoms with E-state index in [9.17, 15) is 4.79 Å². The number of hydrogen-bond acceptors (Lipinski definition) is 5. The molecule has 6 heteroatoms. The molecule has 0 aliphatic rings. The summed E-state index contributed by atoms with van der Waals surface area (Å²) in [6, 6.07) is 10.9. The van der Waals surface area contributed by atoms with Crippen molar-refractivity contribution in [3.05, 3.63) is 53.4 Å². The zero-order chi connectivity index (χ0) is 18.0. The van der Waals surface area contributed by atoms with Crippen LogP contribution in [0.1, 0.15) is 21.8 Å². The first-order valence-electron chi connectivity index (χ1n) is 7.85. The molecule has 0 radical (unpaired) electrons. The number of aryl methyl sites for hydroxylation is 1. The van der Waals surface area contributed by atoms with Crippen LogP contribution in [0.25, 0.3) is 11.1 Å². The summed E-state index contributed by atoms with van der Waals surface area (Å²) in [7, 11) is 4.91. The van der Waals surface area contributed by atoms with Crippen molar-refractivity contribution in [2.24, 2.45) is 0 Å². The number of nitrogens with zero attached hydrogens (tertiary/aromatic N) is 2. The van der Waals surface area contributed by atoms with E-state index >= 15 is 0 Å². The highest BCUT2D eigenvalue weighted by Gasteiger charge is 2.19. The van der Waals surface area contributed by atoms with Crippen LogP contribution in [0, 0.1) is 6.92 Å². The second-order valence-electron chi connectivity index (χ2n) is 5.79. The van der Waals surface area contributed by atoms with Gasteiger partial charge in [0.2, 0.25) is 0 Å². The predicted octanol–water partition coefficient (Wildman–Crippen LogP) is 3.43. The summed E-state index contributed by atoms with van der Waals surface area (Å²) >= 11 is 0. The van der Waals surface area contributed by atoms with E-state index in [4.69, 9.17) is 13.9 Å². The highest BCUT2D eigenvalue weighted by Crippen LogP contribution is 2.26. The standard InChI is InChI=1S/C19H20N2O4/c1-12-5-8-16-15(20-12)10-18(25-16)19(22)21(2)11-13-6-7-14(23-3)9-17(13)24-4/h5-10H,11H2,1-4H3. The van der Waals surface area contributed by atoms with E-state index in [2.05, 4.69) is 4.98 Å². The molecule has 0 bridgehead atoms. The second kappa shape index (κ2) is 6.84. The van der Waals surface area contributed by atoms with E-state index in [1.165, 1.54) is 0 Å². The van der Waals surface area contributed by atoms with Crippen LogP contribution in [-0.2, 0) is 6.54 Å². The summed E-state index contributed by atoms with van der Waals surface area (Å²) in [5.41, 5.74) is 3.04. The van der Waals surface area contributed by atoms with Crippen molar-refractivity contribution in [2.45, 2.75) is 13.5 Å². The zero-order valence-electron chi connectivity index (χ0n) is 14.7. The Bertz CT molecular complexity index is 917. The van der Waals surface area contributed by atoms with Crippen LogP contribution in [0.15, 0.2) is 40.8 Å². The first-order valence-corrected chi connectivity index (χ1v) is 7.85. The number of hydrogen-bond donors (Lipinski definition) is 0. The number of aromatic nitrogens is 1. The van der Waals surface area contributed by atoms with Crippen LogP contribution in [-0.4, -0.2) is 37.1 Å². The van der Waals surface area contributed by atoms with Gasteiger partial charge in [0.25, 0.3) is 5.91 Å². The molecule has 1 amide bonds. The van der Waals surface area contributed by atoms with E-state index in [0.29, 0.717) is 29.1 Å². The number of pyridine rings is 1. The predicted molar refractivity (Wildman–Crippen MR) is 94.1 cm³/mol. The van der Waals surface area contributed by atoms with Gasteiger partial charge in [-0.3, -0.25) is 4.79 Å². The van der Waals surface area contributed by atoms with Gasteiger partial charge in [-0.05, 0) is 31.2 Å². The van der Waals surface area contributed by atoms with Gasteiger partial charge in [-0.15, -0.1) is 0 Å². The fraction of sp³-hybridized carbons (Fsp3) is 0.263. The van der Waals surface area contributed by atoms with Crippen LogP contribution in [0.4, 0.5) is 0 Å². The van der Waals surface area contributed by atoms with Crippen LogP contribution < -0.4 is 9.47 Å². The molecule has 0 N–H and O–H groups in total. The highest BCUT2D eigenvalue weighted by atomic mass is 16.5. The van der Waals surface area contributed by atoms with Crippen molar-refractivity contribution in [3.63, 3.8) is 0 Å². The lowest BCUT2D eigenvalue weighted by Crippen LogP contribution is -2.26. The minimum atomic E-state index is -0.214. The van der Waals surface area contributed by atoms with E-state index in [-0.39, 0.29) is 11.7 Å². The maximum absolute atomic E-state index is 12.7. The van der Waals surface area contributed by atoms with Crippen molar-refractivity contribution < 1.29 is 18.7 Å². The third-order valence-electron chi connectivity index (χ3n) is 3.97. The summed E-state index contributed by atoms with van der Waals surface area (Å²) in [6.45, 7) is 2.28. The van der Waals surface area contributed by atoms with Crippen molar-refractivity contribution in [1.82, 2.24) is 9.88 Å². The summed E-state index contributed by atoms with van der Waals surface area (Å²) in [5.74, 6) is 1.42. The van der Waals surface area contributed by atoms with Crippen LogP contribution in [0.5, 0.6) is 11.5 Å². The molecule has 3 aromatic rings. The fourth-order valence-electron chi connectivity index (χ4n) is 2.63. The molecule has 1 aromatic carbocycles. The molecule has 130 valence electrons. The van der Waals surface area contributed by atoms with Crippen LogP contribution in [0.3, 0.4) is 0 Å². The first-order chi connectivity index (χ1) is 12.0. The topological polar surface area (TPSA) is 64.8 Å². The first kappa shape index (κ1) is 16.8. The number of amides is 1. The average Bonchev–Trinajstić information content (AvgIpc) is 3.04. The molecular formula is C19H20N2O4. The van der Waals surface area contributed by atoms with Gasteiger partial charge in [-0.2, -0.15) is 0 Å². The smallest absolute Gasteiger partial charge is 0.289 e. The number of carbonyl (C=O) groups is 1. The van der Waals surface area contributed by atoms with Gasteiger partial charge < -0.3 is 18.8 Å². The largest absolute Gasteiger partial charge is 0.497 e. The molecule has 0 saturated carbocycles. The Hall–Kier alpha value is -3.02. The Balaban J connectivity index is 1.82. The molecule has 2 heterocycles. The van der Waals surface area contributed by atoms with E-state index in [1.54, 1.807) is 38.3 Å². The number of ether oxygens (including phenoxy) is 2. The van der Waals surface area contributed by atoms with E-state index in [0.717, 1.165) is 11.3 Å².